The highest BCUT2D eigenvalue weighted by atomic mass is 35.5. The van der Waals surface area contributed by atoms with E-state index < -0.39 is 10.3 Å². The van der Waals surface area contributed by atoms with E-state index in [1.54, 1.807) is 18.2 Å². The standard InChI is InChI=1S/C8H7ClN2O3S/c9-5-1-2-6-7(3-5)11-4-8(6)14-15(10,12)13/h1-4,11H,(H2,10,12,13). The smallest absolute Gasteiger partial charge is 0.369 e. The van der Waals surface area contributed by atoms with Crippen molar-refractivity contribution in [3.63, 3.8) is 0 Å². The maximum Gasteiger partial charge on any atom is 0.380 e. The molecule has 1 aromatic carbocycles. The Morgan fingerprint density at radius 1 is 1.40 bits per heavy atom. The summed E-state index contributed by atoms with van der Waals surface area (Å²) < 4.78 is 26.0. The quantitative estimate of drug-likeness (QED) is 0.840. The first-order valence-electron chi connectivity index (χ1n) is 3.94. The number of nitrogens with one attached hydrogen (secondary N) is 1. The van der Waals surface area contributed by atoms with Crippen LogP contribution in [0.1, 0.15) is 0 Å². The third-order valence-electron chi connectivity index (χ3n) is 1.81. The van der Waals surface area contributed by atoms with Crippen LogP contribution in [0.15, 0.2) is 24.4 Å². The summed E-state index contributed by atoms with van der Waals surface area (Å²) in [4.78, 5) is 2.82. The van der Waals surface area contributed by atoms with Gasteiger partial charge in [0.1, 0.15) is 0 Å². The molecular weight excluding hydrogens is 240 g/mol. The molecule has 7 heteroatoms. The lowest BCUT2D eigenvalue weighted by Crippen LogP contribution is -2.18. The second-order valence-corrected chi connectivity index (χ2v) is 4.51. The zero-order valence-corrected chi connectivity index (χ0v) is 8.97. The number of hydrogen-bond donors (Lipinski definition) is 2. The summed E-state index contributed by atoms with van der Waals surface area (Å²) in [6.07, 6.45) is 1.41. The van der Waals surface area contributed by atoms with Crippen LogP contribution < -0.4 is 9.32 Å². The molecule has 2 rings (SSSR count). The van der Waals surface area contributed by atoms with Crippen molar-refractivity contribution in [3.05, 3.63) is 29.4 Å². The van der Waals surface area contributed by atoms with Crippen LogP contribution in [-0.4, -0.2) is 13.4 Å². The highest BCUT2D eigenvalue weighted by Crippen LogP contribution is 2.27. The summed E-state index contributed by atoms with van der Waals surface area (Å²) in [5, 5.41) is 5.91. The lowest BCUT2D eigenvalue weighted by Gasteiger charge is -1.99. The topological polar surface area (TPSA) is 85.2 Å². The number of benzene rings is 1. The molecule has 0 aliphatic carbocycles. The largest absolute Gasteiger partial charge is 0.380 e. The van der Waals surface area contributed by atoms with E-state index in [0.29, 0.717) is 15.9 Å². The summed E-state index contributed by atoms with van der Waals surface area (Å²) in [6.45, 7) is 0. The van der Waals surface area contributed by atoms with Gasteiger partial charge in [-0.25, -0.2) is 0 Å². The number of rotatable bonds is 2. The van der Waals surface area contributed by atoms with Gasteiger partial charge < -0.3 is 9.17 Å². The minimum absolute atomic E-state index is 0.157. The van der Waals surface area contributed by atoms with Crippen molar-refractivity contribution in [2.75, 3.05) is 0 Å². The monoisotopic (exact) mass is 246 g/mol. The summed E-state index contributed by atoms with van der Waals surface area (Å²) in [5.74, 6) is 0.157. The molecule has 0 radical (unpaired) electrons. The molecule has 0 fully saturated rings. The first kappa shape index (κ1) is 10.3. The summed E-state index contributed by atoms with van der Waals surface area (Å²) in [6, 6.07) is 4.94. The molecule has 0 atom stereocenters. The van der Waals surface area contributed by atoms with Crippen molar-refractivity contribution < 1.29 is 12.6 Å². The van der Waals surface area contributed by atoms with Crippen LogP contribution in [0.2, 0.25) is 5.02 Å². The van der Waals surface area contributed by atoms with Crippen molar-refractivity contribution in [2.24, 2.45) is 5.14 Å². The average molecular weight is 247 g/mol. The highest BCUT2D eigenvalue weighted by molar-refractivity contribution is 7.84. The Bertz CT molecular complexity index is 605. The van der Waals surface area contributed by atoms with Gasteiger partial charge in [-0.3, -0.25) is 0 Å². The maximum absolute atomic E-state index is 10.7. The van der Waals surface area contributed by atoms with Gasteiger partial charge >= 0.3 is 10.3 Å². The molecule has 0 unspecified atom stereocenters. The van der Waals surface area contributed by atoms with E-state index in [4.69, 9.17) is 16.7 Å². The van der Waals surface area contributed by atoms with Crippen LogP contribution in [0, 0.1) is 0 Å². The third-order valence-corrected chi connectivity index (χ3v) is 2.46. The Labute approximate surface area is 91.0 Å². The van der Waals surface area contributed by atoms with Crippen LogP contribution in [-0.2, 0) is 10.3 Å². The van der Waals surface area contributed by atoms with Gasteiger partial charge in [0.2, 0.25) is 0 Å². The molecule has 15 heavy (non-hydrogen) atoms. The molecule has 5 nitrogen and oxygen atoms in total. The Balaban J connectivity index is 2.55. The number of halogens is 1. The van der Waals surface area contributed by atoms with Gasteiger partial charge in [0, 0.05) is 16.6 Å². The molecule has 0 aliphatic rings. The average Bonchev–Trinajstić information content (AvgIpc) is 2.45. The normalized spacial score (nSPS) is 11.9. The molecule has 1 heterocycles. The Hall–Kier alpha value is -1.24. The van der Waals surface area contributed by atoms with E-state index in [1.807, 2.05) is 0 Å². The van der Waals surface area contributed by atoms with E-state index in [0.717, 1.165) is 0 Å². The molecular formula is C8H7ClN2O3S. The predicted octanol–water partition coefficient (Wildman–Crippen LogP) is 1.40. The minimum atomic E-state index is -4.00. The van der Waals surface area contributed by atoms with E-state index in [2.05, 4.69) is 9.17 Å². The van der Waals surface area contributed by atoms with Gasteiger partial charge in [-0.2, -0.15) is 13.6 Å². The van der Waals surface area contributed by atoms with Gasteiger partial charge in [-0.15, -0.1) is 0 Å². The Kier molecular flexibility index (Phi) is 2.34. The van der Waals surface area contributed by atoms with Crippen molar-refractivity contribution >= 4 is 32.8 Å². The fourth-order valence-corrected chi connectivity index (χ4v) is 1.83. The number of fused-ring (bicyclic) bond motifs is 1. The third kappa shape index (κ3) is 2.23. The fraction of sp³-hybridized carbons (Fsp3) is 0. The molecule has 0 bridgehead atoms. The van der Waals surface area contributed by atoms with Gasteiger partial charge in [0.05, 0.1) is 5.52 Å². The van der Waals surface area contributed by atoms with Crippen molar-refractivity contribution in [2.45, 2.75) is 0 Å². The minimum Gasteiger partial charge on any atom is -0.369 e. The van der Waals surface area contributed by atoms with Crippen molar-refractivity contribution in [3.8, 4) is 5.75 Å². The first-order chi connectivity index (χ1) is 6.96. The van der Waals surface area contributed by atoms with E-state index in [9.17, 15) is 8.42 Å². The summed E-state index contributed by atoms with van der Waals surface area (Å²) in [7, 11) is -4.00. The molecule has 0 amide bonds. The Morgan fingerprint density at radius 3 is 2.80 bits per heavy atom. The summed E-state index contributed by atoms with van der Waals surface area (Å²) >= 11 is 5.76. The van der Waals surface area contributed by atoms with Gasteiger partial charge in [-0.05, 0) is 18.2 Å². The van der Waals surface area contributed by atoms with Gasteiger partial charge in [0.25, 0.3) is 0 Å². The first-order valence-corrected chi connectivity index (χ1v) is 5.79. The molecule has 0 spiro atoms. The number of aromatic amines is 1. The lowest BCUT2D eigenvalue weighted by molar-refractivity contribution is 0.490. The SMILES string of the molecule is NS(=O)(=O)Oc1c[nH]c2cc(Cl)ccc12. The van der Waals surface area contributed by atoms with Gasteiger partial charge in [0.15, 0.2) is 5.75 Å². The second kappa shape index (κ2) is 3.41. The molecule has 3 N–H and O–H groups in total. The van der Waals surface area contributed by atoms with E-state index in [1.165, 1.54) is 6.20 Å². The summed E-state index contributed by atoms with van der Waals surface area (Å²) in [5.41, 5.74) is 0.682. The van der Waals surface area contributed by atoms with E-state index >= 15 is 0 Å². The highest BCUT2D eigenvalue weighted by Gasteiger charge is 2.10. The lowest BCUT2D eigenvalue weighted by atomic mass is 10.2. The van der Waals surface area contributed by atoms with Crippen molar-refractivity contribution in [1.82, 2.24) is 4.98 Å². The zero-order chi connectivity index (χ0) is 11.1. The predicted molar refractivity (Wildman–Crippen MR) is 57.0 cm³/mol. The van der Waals surface area contributed by atoms with Crippen LogP contribution in [0.3, 0.4) is 0 Å². The van der Waals surface area contributed by atoms with Crippen molar-refractivity contribution in [1.29, 1.82) is 0 Å². The molecule has 1 aromatic heterocycles. The number of hydrogen-bond acceptors (Lipinski definition) is 3. The Morgan fingerprint density at radius 2 is 2.13 bits per heavy atom. The molecule has 0 saturated carbocycles. The maximum atomic E-state index is 10.7. The number of nitrogens with two attached hydrogens (primary N) is 1. The van der Waals surface area contributed by atoms with Crippen LogP contribution in [0.25, 0.3) is 10.9 Å². The molecule has 0 saturated heterocycles. The van der Waals surface area contributed by atoms with Crippen LogP contribution >= 0.6 is 11.6 Å². The second-order valence-electron chi connectivity index (χ2n) is 2.92. The number of H-pyrrole nitrogens is 1. The number of aromatic nitrogens is 1. The molecule has 2 aromatic rings. The van der Waals surface area contributed by atoms with Crippen LogP contribution in [0.5, 0.6) is 5.75 Å². The van der Waals surface area contributed by atoms with Gasteiger partial charge in [-0.1, -0.05) is 11.6 Å². The van der Waals surface area contributed by atoms with Crippen LogP contribution in [0.4, 0.5) is 0 Å². The zero-order valence-electron chi connectivity index (χ0n) is 7.40. The van der Waals surface area contributed by atoms with E-state index in [-0.39, 0.29) is 5.75 Å². The molecule has 0 aliphatic heterocycles. The fourth-order valence-electron chi connectivity index (χ4n) is 1.27. The molecule has 80 valence electrons.